The Kier molecular flexibility index (Phi) is 4.58. The number of thiophene rings is 2. The highest BCUT2D eigenvalue weighted by atomic mass is 79.9. The van der Waals surface area contributed by atoms with Crippen LogP contribution in [0.3, 0.4) is 0 Å². The Balaban J connectivity index is 1.96. The Morgan fingerprint density at radius 3 is 1.50 bits per heavy atom. The molecule has 0 amide bonds. The summed E-state index contributed by atoms with van der Waals surface area (Å²) in [6, 6.07) is 8.32. The normalized spacial score (nSPS) is 11.9. The average molecular weight is 376 g/mol. The summed E-state index contributed by atoms with van der Waals surface area (Å²) in [5.41, 5.74) is 0. The number of hydrogen-bond acceptors (Lipinski definition) is 2. The summed E-state index contributed by atoms with van der Waals surface area (Å²) in [4.78, 5) is 2.51. The maximum Gasteiger partial charge on any atom is 0.0704 e. The SMILES string of the molecule is Brc1ccc(C=CC=Cc2ccc(Br)s2)s1. The van der Waals surface area contributed by atoms with Gasteiger partial charge in [0, 0.05) is 9.75 Å². The molecule has 0 N–H and O–H groups in total. The van der Waals surface area contributed by atoms with Crippen LogP contribution >= 0.6 is 54.5 Å². The van der Waals surface area contributed by atoms with Crippen LogP contribution in [0.4, 0.5) is 0 Å². The van der Waals surface area contributed by atoms with Gasteiger partial charge >= 0.3 is 0 Å². The smallest absolute Gasteiger partial charge is 0.0704 e. The Bertz CT molecular complexity index is 472. The third kappa shape index (κ3) is 3.70. The average Bonchev–Trinajstić information content (AvgIpc) is 2.83. The molecular formula is C12H8Br2S2. The van der Waals surface area contributed by atoms with Crippen LogP contribution in [0.15, 0.2) is 44.0 Å². The lowest BCUT2D eigenvalue weighted by atomic mass is 10.3. The van der Waals surface area contributed by atoms with Gasteiger partial charge < -0.3 is 0 Å². The van der Waals surface area contributed by atoms with E-state index in [-0.39, 0.29) is 0 Å². The van der Waals surface area contributed by atoms with Crippen LogP contribution in [-0.4, -0.2) is 0 Å². The predicted octanol–water partition coefficient (Wildman–Crippen LogP) is 6.06. The van der Waals surface area contributed by atoms with E-state index in [0.29, 0.717) is 0 Å². The summed E-state index contributed by atoms with van der Waals surface area (Å²) in [7, 11) is 0. The largest absolute Gasteiger partial charge is 0.129 e. The number of rotatable bonds is 3. The molecule has 0 aliphatic rings. The van der Waals surface area contributed by atoms with Gasteiger partial charge in [-0.05, 0) is 68.3 Å². The van der Waals surface area contributed by atoms with Crippen molar-refractivity contribution in [1.29, 1.82) is 0 Å². The van der Waals surface area contributed by atoms with Crippen LogP contribution < -0.4 is 0 Å². The molecule has 0 unspecified atom stereocenters. The highest BCUT2D eigenvalue weighted by Crippen LogP contribution is 2.24. The van der Waals surface area contributed by atoms with Crippen LogP contribution in [0.5, 0.6) is 0 Å². The predicted molar refractivity (Wildman–Crippen MR) is 82.1 cm³/mol. The Morgan fingerprint density at radius 2 is 1.19 bits per heavy atom. The molecule has 4 heteroatoms. The molecule has 0 aliphatic carbocycles. The second kappa shape index (κ2) is 5.96. The molecule has 0 nitrogen and oxygen atoms in total. The summed E-state index contributed by atoms with van der Waals surface area (Å²) >= 11 is 10.3. The van der Waals surface area contributed by atoms with Crippen LogP contribution in [0.2, 0.25) is 0 Å². The second-order valence-corrected chi connectivity index (χ2v) is 7.99. The van der Waals surface area contributed by atoms with E-state index >= 15 is 0 Å². The first-order valence-corrected chi connectivity index (χ1v) is 7.81. The molecule has 0 saturated heterocycles. The third-order valence-electron chi connectivity index (χ3n) is 1.82. The maximum absolute atomic E-state index is 3.44. The zero-order valence-electron chi connectivity index (χ0n) is 8.19. The monoisotopic (exact) mass is 374 g/mol. The number of allylic oxidation sites excluding steroid dienone is 2. The van der Waals surface area contributed by atoms with Gasteiger partial charge in [0.15, 0.2) is 0 Å². The van der Waals surface area contributed by atoms with Crippen molar-refractivity contribution < 1.29 is 0 Å². The third-order valence-corrected chi connectivity index (χ3v) is 5.00. The van der Waals surface area contributed by atoms with Gasteiger partial charge in [0.25, 0.3) is 0 Å². The van der Waals surface area contributed by atoms with E-state index in [1.165, 1.54) is 17.3 Å². The molecule has 0 bridgehead atoms. The van der Waals surface area contributed by atoms with Gasteiger partial charge in [-0.3, -0.25) is 0 Å². The highest BCUT2D eigenvalue weighted by molar-refractivity contribution is 9.11. The maximum atomic E-state index is 3.44. The van der Waals surface area contributed by atoms with Crippen LogP contribution in [-0.2, 0) is 0 Å². The van der Waals surface area contributed by atoms with Gasteiger partial charge in [0.2, 0.25) is 0 Å². The van der Waals surface area contributed by atoms with Crippen molar-refractivity contribution in [2.75, 3.05) is 0 Å². The molecule has 2 aromatic heterocycles. The van der Waals surface area contributed by atoms with Crippen molar-refractivity contribution >= 4 is 66.7 Å². The van der Waals surface area contributed by atoms with Crippen molar-refractivity contribution in [2.24, 2.45) is 0 Å². The minimum atomic E-state index is 1.17. The summed E-state index contributed by atoms with van der Waals surface area (Å²) < 4.78 is 2.33. The first-order chi connectivity index (χ1) is 7.74. The zero-order valence-corrected chi connectivity index (χ0v) is 13.0. The molecule has 2 aromatic rings. The lowest BCUT2D eigenvalue weighted by molar-refractivity contribution is 1.90. The van der Waals surface area contributed by atoms with Crippen molar-refractivity contribution in [3.05, 3.63) is 53.7 Å². The highest BCUT2D eigenvalue weighted by Gasteiger charge is 1.92. The fraction of sp³-hybridized carbons (Fsp3) is 0. The fourth-order valence-electron chi connectivity index (χ4n) is 1.14. The van der Waals surface area contributed by atoms with E-state index < -0.39 is 0 Å². The summed E-state index contributed by atoms with van der Waals surface area (Å²) in [5, 5.41) is 0. The molecule has 0 spiro atoms. The fourth-order valence-corrected chi connectivity index (χ4v) is 3.81. The van der Waals surface area contributed by atoms with Gasteiger partial charge in [-0.25, -0.2) is 0 Å². The van der Waals surface area contributed by atoms with Crippen LogP contribution in [0, 0.1) is 0 Å². The summed E-state index contributed by atoms with van der Waals surface area (Å²) in [5.74, 6) is 0. The van der Waals surface area contributed by atoms with Gasteiger partial charge in [0.05, 0.1) is 7.57 Å². The van der Waals surface area contributed by atoms with Gasteiger partial charge in [0.1, 0.15) is 0 Å². The number of halogens is 2. The standard InChI is InChI=1S/C12H8Br2S2/c13-11-7-5-9(15-11)3-1-2-4-10-6-8-12(14)16-10/h1-8H. The van der Waals surface area contributed by atoms with Crippen molar-refractivity contribution in [2.45, 2.75) is 0 Å². The lowest BCUT2D eigenvalue weighted by Gasteiger charge is -1.81. The molecule has 2 rings (SSSR count). The Hall–Kier alpha value is -0.160. The minimum absolute atomic E-state index is 1.17. The first-order valence-electron chi connectivity index (χ1n) is 4.59. The minimum Gasteiger partial charge on any atom is -0.129 e. The van der Waals surface area contributed by atoms with Crippen molar-refractivity contribution in [3.63, 3.8) is 0 Å². The van der Waals surface area contributed by atoms with E-state index in [1.807, 2.05) is 0 Å². The molecule has 82 valence electrons. The lowest BCUT2D eigenvalue weighted by Crippen LogP contribution is -1.56. The Labute approximate surface area is 120 Å². The summed E-state index contributed by atoms with van der Waals surface area (Å²) in [6.07, 6.45) is 8.33. The summed E-state index contributed by atoms with van der Waals surface area (Å²) in [6.45, 7) is 0. The van der Waals surface area contributed by atoms with Crippen molar-refractivity contribution in [3.8, 4) is 0 Å². The molecule has 2 heterocycles. The zero-order chi connectivity index (χ0) is 11.4. The van der Waals surface area contributed by atoms with E-state index in [9.17, 15) is 0 Å². The molecular weight excluding hydrogens is 368 g/mol. The molecule has 0 saturated carbocycles. The van der Waals surface area contributed by atoms with Crippen molar-refractivity contribution in [1.82, 2.24) is 0 Å². The van der Waals surface area contributed by atoms with Gasteiger partial charge in [-0.1, -0.05) is 12.2 Å². The van der Waals surface area contributed by atoms with E-state index in [1.54, 1.807) is 22.7 Å². The molecule has 16 heavy (non-hydrogen) atoms. The molecule has 0 atom stereocenters. The molecule has 0 fully saturated rings. The Morgan fingerprint density at radius 1 is 0.750 bits per heavy atom. The quantitative estimate of drug-likeness (QED) is 0.571. The van der Waals surface area contributed by atoms with Crippen LogP contribution in [0.25, 0.3) is 12.2 Å². The number of hydrogen-bond donors (Lipinski definition) is 0. The first kappa shape index (κ1) is 12.3. The van der Waals surface area contributed by atoms with Gasteiger partial charge in [-0.2, -0.15) is 0 Å². The van der Waals surface area contributed by atoms with E-state index in [2.05, 4.69) is 80.4 Å². The van der Waals surface area contributed by atoms with E-state index in [0.717, 1.165) is 0 Å². The second-order valence-electron chi connectivity index (χ2n) is 3.00. The van der Waals surface area contributed by atoms with Crippen LogP contribution in [0.1, 0.15) is 9.75 Å². The topological polar surface area (TPSA) is 0 Å². The molecule has 0 aliphatic heterocycles. The molecule has 0 radical (unpaired) electrons. The van der Waals surface area contributed by atoms with E-state index in [4.69, 9.17) is 0 Å². The van der Waals surface area contributed by atoms with Gasteiger partial charge in [-0.15, -0.1) is 22.7 Å². The molecule has 0 aromatic carbocycles.